The lowest BCUT2D eigenvalue weighted by molar-refractivity contribution is -0.192. The molecule has 4 rings (SSSR count). The Morgan fingerprint density at radius 2 is 1.88 bits per heavy atom. The summed E-state index contributed by atoms with van der Waals surface area (Å²) in [6.45, 7) is 2.58. The number of aryl methyl sites for hydroxylation is 1. The van der Waals surface area contributed by atoms with Gasteiger partial charge in [-0.2, -0.15) is 13.2 Å². The number of aromatic nitrogens is 2. The van der Waals surface area contributed by atoms with Crippen molar-refractivity contribution in [3.63, 3.8) is 0 Å². The third kappa shape index (κ3) is 8.78. The van der Waals surface area contributed by atoms with E-state index in [1.807, 2.05) is 17.7 Å². The number of hydrogen-bond acceptors (Lipinski definition) is 5. The average Bonchev–Trinajstić information content (AvgIpc) is 3.48. The molecule has 222 valence electrons. The second kappa shape index (κ2) is 13.5. The van der Waals surface area contributed by atoms with Crippen LogP contribution in [0.15, 0.2) is 36.7 Å². The van der Waals surface area contributed by atoms with E-state index in [2.05, 4.69) is 20.9 Å². The van der Waals surface area contributed by atoms with Crippen LogP contribution in [0.5, 0.6) is 0 Å². The molecular formula is C26H27Cl2F4N5O4. The van der Waals surface area contributed by atoms with Gasteiger partial charge in [0.25, 0.3) is 0 Å². The monoisotopic (exact) mass is 619 g/mol. The fourth-order valence-electron chi connectivity index (χ4n) is 4.24. The maximum absolute atomic E-state index is 13.4. The molecule has 0 aliphatic carbocycles. The zero-order chi connectivity index (χ0) is 30.5. The van der Waals surface area contributed by atoms with Crippen molar-refractivity contribution < 1.29 is 37.1 Å². The largest absolute Gasteiger partial charge is 0.490 e. The molecule has 2 aromatic heterocycles. The molecule has 1 unspecified atom stereocenters. The van der Waals surface area contributed by atoms with Crippen molar-refractivity contribution in [3.05, 3.63) is 63.6 Å². The van der Waals surface area contributed by atoms with E-state index in [0.717, 1.165) is 22.2 Å². The number of benzene rings is 1. The van der Waals surface area contributed by atoms with Crippen LogP contribution >= 0.6 is 23.2 Å². The Morgan fingerprint density at radius 3 is 2.51 bits per heavy atom. The maximum Gasteiger partial charge on any atom is 0.490 e. The van der Waals surface area contributed by atoms with Gasteiger partial charge in [0.05, 0.1) is 16.1 Å². The van der Waals surface area contributed by atoms with Crippen molar-refractivity contribution in [1.29, 1.82) is 0 Å². The first-order chi connectivity index (χ1) is 19.1. The number of carbonyl (C=O) groups excluding carboxylic acids is 2. The molecule has 2 amide bonds. The summed E-state index contributed by atoms with van der Waals surface area (Å²) in [6.07, 6.45) is -0.288. The summed E-state index contributed by atoms with van der Waals surface area (Å²) < 4.78 is 46.9. The van der Waals surface area contributed by atoms with E-state index < -0.39 is 24.0 Å². The summed E-state index contributed by atoms with van der Waals surface area (Å²) in [6, 6.07) is 5.50. The van der Waals surface area contributed by atoms with Gasteiger partial charge >= 0.3 is 12.1 Å². The Morgan fingerprint density at radius 1 is 1.20 bits per heavy atom. The van der Waals surface area contributed by atoms with E-state index in [-0.39, 0.29) is 35.3 Å². The zero-order valence-electron chi connectivity index (χ0n) is 21.9. The molecule has 1 fully saturated rings. The van der Waals surface area contributed by atoms with Gasteiger partial charge in [-0.3, -0.25) is 9.59 Å². The smallest absolute Gasteiger partial charge is 0.475 e. The molecule has 1 aliphatic heterocycles. The quantitative estimate of drug-likeness (QED) is 0.296. The van der Waals surface area contributed by atoms with Crippen LogP contribution in [0.25, 0.3) is 11.0 Å². The summed E-state index contributed by atoms with van der Waals surface area (Å²) >= 11 is 12.1. The number of fused-ring (bicyclic) bond motifs is 1. The van der Waals surface area contributed by atoms with Crippen LogP contribution < -0.4 is 16.0 Å². The zero-order valence-corrected chi connectivity index (χ0v) is 23.4. The lowest BCUT2D eigenvalue weighted by atomic mass is 9.96. The van der Waals surface area contributed by atoms with Gasteiger partial charge in [-0.05, 0) is 61.6 Å². The number of aliphatic carboxylic acids is 1. The number of carboxylic acid groups (broad SMARTS) is 1. The Balaban J connectivity index is 0.000000587. The molecule has 9 nitrogen and oxygen atoms in total. The predicted molar refractivity (Wildman–Crippen MR) is 144 cm³/mol. The molecule has 41 heavy (non-hydrogen) atoms. The summed E-state index contributed by atoms with van der Waals surface area (Å²) in [4.78, 5) is 38.5. The molecule has 4 N–H and O–H groups in total. The van der Waals surface area contributed by atoms with Crippen molar-refractivity contribution in [2.24, 2.45) is 13.0 Å². The van der Waals surface area contributed by atoms with E-state index in [1.54, 1.807) is 31.5 Å². The summed E-state index contributed by atoms with van der Waals surface area (Å²) in [5.74, 6) is -3.49. The van der Waals surface area contributed by atoms with Crippen LogP contribution in [0.4, 0.5) is 17.6 Å². The number of carbonyl (C=O) groups is 3. The van der Waals surface area contributed by atoms with E-state index in [4.69, 9.17) is 33.1 Å². The maximum atomic E-state index is 13.4. The molecule has 1 aliphatic rings. The highest BCUT2D eigenvalue weighted by Crippen LogP contribution is 2.25. The summed E-state index contributed by atoms with van der Waals surface area (Å²) in [7, 11) is 1.87. The van der Waals surface area contributed by atoms with E-state index in [1.165, 1.54) is 6.07 Å². The summed E-state index contributed by atoms with van der Waals surface area (Å²) in [5.41, 5.74) is 2.51. The predicted octanol–water partition coefficient (Wildman–Crippen LogP) is 3.99. The SMILES string of the molecule is CC(NC(=O)[C@H]1C[C@H](Cc2ccc(F)c(Cl)c2)CN1)C(=O)NCc1cnc2c(c1)c(Cl)cn2C.O=C(O)C(F)(F)F. The number of nitrogens with one attached hydrogen (secondary N) is 3. The second-order valence-electron chi connectivity index (χ2n) is 9.57. The van der Waals surface area contributed by atoms with E-state index >= 15 is 0 Å². The highest BCUT2D eigenvalue weighted by molar-refractivity contribution is 6.35. The van der Waals surface area contributed by atoms with Crippen LogP contribution in [0.3, 0.4) is 0 Å². The number of hydrogen-bond donors (Lipinski definition) is 4. The van der Waals surface area contributed by atoms with Crippen molar-refractivity contribution in [3.8, 4) is 0 Å². The summed E-state index contributed by atoms with van der Waals surface area (Å²) in [5, 5.41) is 17.5. The molecule has 0 radical (unpaired) electrons. The molecule has 3 atom stereocenters. The molecule has 0 spiro atoms. The first-order valence-electron chi connectivity index (χ1n) is 12.3. The van der Waals surface area contributed by atoms with Gasteiger partial charge in [0, 0.05) is 31.4 Å². The Labute approximate surface area is 242 Å². The molecule has 1 saturated heterocycles. The number of alkyl halides is 3. The minimum absolute atomic E-state index is 0.0974. The van der Waals surface area contributed by atoms with Gasteiger partial charge < -0.3 is 25.6 Å². The highest BCUT2D eigenvalue weighted by atomic mass is 35.5. The molecule has 0 saturated carbocycles. The van der Waals surface area contributed by atoms with Gasteiger partial charge in [-0.15, -0.1) is 0 Å². The van der Waals surface area contributed by atoms with Crippen LogP contribution in [0.1, 0.15) is 24.5 Å². The van der Waals surface area contributed by atoms with Crippen LogP contribution in [-0.2, 0) is 34.4 Å². The van der Waals surface area contributed by atoms with Crippen LogP contribution in [-0.4, -0.2) is 57.2 Å². The van der Waals surface area contributed by atoms with Crippen LogP contribution in [0, 0.1) is 11.7 Å². The minimum Gasteiger partial charge on any atom is -0.475 e. The number of amides is 2. The third-order valence-corrected chi connectivity index (χ3v) is 6.92. The van der Waals surface area contributed by atoms with E-state index in [9.17, 15) is 27.2 Å². The molecule has 3 aromatic rings. The number of halogens is 6. The Bertz CT molecular complexity index is 1430. The molecule has 3 heterocycles. The van der Waals surface area contributed by atoms with Crippen molar-refractivity contribution >= 4 is 52.0 Å². The average molecular weight is 620 g/mol. The van der Waals surface area contributed by atoms with Gasteiger partial charge in [0.2, 0.25) is 11.8 Å². The molecule has 1 aromatic carbocycles. The van der Waals surface area contributed by atoms with E-state index in [0.29, 0.717) is 24.4 Å². The molecule has 15 heteroatoms. The number of carboxylic acids is 1. The minimum atomic E-state index is -5.08. The Hall–Kier alpha value is -3.42. The highest BCUT2D eigenvalue weighted by Gasteiger charge is 2.38. The number of nitrogens with zero attached hydrogens (tertiary/aromatic N) is 2. The molecule has 0 bridgehead atoms. The first kappa shape index (κ1) is 32.1. The van der Waals surface area contributed by atoms with Crippen LogP contribution in [0.2, 0.25) is 10.0 Å². The van der Waals surface area contributed by atoms with Crippen molar-refractivity contribution in [1.82, 2.24) is 25.5 Å². The normalized spacial score (nSPS) is 17.5. The standard InChI is InChI=1S/C24H26Cl2FN5O2.C2HF3O2/c1-13(23(33)30-11-16-6-17-19(26)12-32(2)22(17)29-10-16)31-24(34)21-8-15(9-28-21)5-14-3-4-20(27)18(25)7-14;3-2(4,5)1(6)7/h3-4,6-7,10,12-13,15,21,28H,5,8-9,11H2,1-2H3,(H,30,33)(H,31,34);(H,6,7)/t13?,15-,21+;/m0./s1. The number of rotatable bonds is 7. The fourth-order valence-corrected chi connectivity index (χ4v) is 4.73. The van der Waals surface area contributed by atoms with Gasteiger partial charge in [0.15, 0.2) is 0 Å². The fraction of sp³-hybridized carbons (Fsp3) is 0.385. The van der Waals surface area contributed by atoms with Gasteiger partial charge in [-0.25, -0.2) is 14.2 Å². The lowest BCUT2D eigenvalue weighted by Gasteiger charge is -2.17. The second-order valence-corrected chi connectivity index (χ2v) is 10.4. The first-order valence-corrected chi connectivity index (χ1v) is 13.1. The third-order valence-electron chi connectivity index (χ3n) is 6.33. The van der Waals surface area contributed by atoms with Crippen molar-refractivity contribution in [2.45, 2.75) is 44.6 Å². The molecular weight excluding hydrogens is 593 g/mol. The van der Waals surface area contributed by atoms with Gasteiger partial charge in [0.1, 0.15) is 17.5 Å². The van der Waals surface area contributed by atoms with Gasteiger partial charge in [-0.1, -0.05) is 29.3 Å². The number of pyridine rings is 1. The van der Waals surface area contributed by atoms with Crippen molar-refractivity contribution in [2.75, 3.05) is 6.54 Å². The lowest BCUT2D eigenvalue weighted by Crippen LogP contribution is -2.49. The Kier molecular flexibility index (Phi) is 10.6. The topological polar surface area (TPSA) is 125 Å².